The lowest BCUT2D eigenvalue weighted by Gasteiger charge is -2.10. The number of carbonyl (C=O) groups excluding carboxylic acids is 2. The van der Waals surface area contributed by atoms with Gasteiger partial charge < -0.3 is 20.1 Å². The second-order valence-electron chi connectivity index (χ2n) is 5.38. The number of hydrogen-bond acceptors (Lipinski definition) is 5. The first kappa shape index (κ1) is 18.8. The Balaban J connectivity index is 2.02. The van der Waals surface area contributed by atoms with Gasteiger partial charge >= 0.3 is 0 Å². The lowest BCUT2D eigenvalue weighted by Crippen LogP contribution is -2.15. The van der Waals surface area contributed by atoms with E-state index in [1.165, 1.54) is 7.11 Å². The maximum absolute atomic E-state index is 12.3. The molecule has 0 saturated heterocycles. The molecular formula is C19H19N3O4. The molecule has 0 heterocycles. The fourth-order valence-corrected chi connectivity index (χ4v) is 2.33. The van der Waals surface area contributed by atoms with Gasteiger partial charge in [-0.2, -0.15) is 5.26 Å². The Hall–Kier alpha value is -3.53. The van der Waals surface area contributed by atoms with Gasteiger partial charge in [0.1, 0.15) is 6.42 Å². The molecule has 2 aromatic carbocycles. The Kier molecular flexibility index (Phi) is 6.57. The van der Waals surface area contributed by atoms with Crippen LogP contribution in [-0.2, 0) is 16.0 Å². The SMILES string of the molecule is COc1ccc(CC(=O)Nc2cccc(NC(=O)CC#N)c2)cc1OC. The van der Waals surface area contributed by atoms with Gasteiger partial charge in [0.2, 0.25) is 11.8 Å². The standard InChI is InChI=1S/C19H19N3O4/c1-25-16-7-6-13(10-17(16)26-2)11-19(24)22-15-5-3-4-14(12-15)21-18(23)8-9-20/h3-7,10,12H,8,11H2,1-2H3,(H,21,23)(H,22,24). The Morgan fingerprint density at radius 3 is 2.23 bits per heavy atom. The smallest absolute Gasteiger partial charge is 0.238 e. The van der Waals surface area contributed by atoms with Crippen molar-refractivity contribution >= 4 is 23.2 Å². The van der Waals surface area contributed by atoms with Crippen molar-refractivity contribution < 1.29 is 19.1 Å². The summed E-state index contributed by atoms with van der Waals surface area (Å²) in [6.07, 6.45) is -0.0682. The van der Waals surface area contributed by atoms with E-state index in [0.717, 1.165) is 5.56 Å². The summed E-state index contributed by atoms with van der Waals surface area (Å²) in [4.78, 5) is 23.7. The number of ether oxygens (including phenoxy) is 2. The average molecular weight is 353 g/mol. The van der Waals surface area contributed by atoms with Crippen molar-refractivity contribution in [3.05, 3.63) is 48.0 Å². The van der Waals surface area contributed by atoms with Crippen molar-refractivity contribution in [1.29, 1.82) is 5.26 Å². The van der Waals surface area contributed by atoms with E-state index in [4.69, 9.17) is 14.7 Å². The summed E-state index contributed by atoms with van der Waals surface area (Å²) in [5.41, 5.74) is 1.83. The minimum absolute atomic E-state index is 0.158. The zero-order chi connectivity index (χ0) is 18.9. The first-order chi connectivity index (χ1) is 12.5. The third-order valence-corrected chi connectivity index (χ3v) is 3.48. The Bertz CT molecular complexity index is 843. The van der Waals surface area contributed by atoms with E-state index in [-0.39, 0.29) is 18.7 Å². The molecule has 0 spiro atoms. The van der Waals surface area contributed by atoms with Gasteiger partial charge in [0.05, 0.1) is 26.7 Å². The van der Waals surface area contributed by atoms with Crippen molar-refractivity contribution in [2.75, 3.05) is 24.9 Å². The molecule has 7 nitrogen and oxygen atoms in total. The van der Waals surface area contributed by atoms with E-state index < -0.39 is 5.91 Å². The maximum atomic E-state index is 12.3. The van der Waals surface area contributed by atoms with Crippen LogP contribution in [0.25, 0.3) is 0 Å². The van der Waals surface area contributed by atoms with E-state index in [0.29, 0.717) is 22.9 Å². The fourth-order valence-electron chi connectivity index (χ4n) is 2.33. The third kappa shape index (κ3) is 5.24. The van der Waals surface area contributed by atoms with Crippen LogP contribution >= 0.6 is 0 Å². The molecule has 134 valence electrons. The second kappa shape index (κ2) is 9.08. The lowest BCUT2D eigenvalue weighted by molar-refractivity contribution is -0.116. The third-order valence-electron chi connectivity index (χ3n) is 3.48. The van der Waals surface area contributed by atoms with Crippen LogP contribution in [0, 0.1) is 11.3 Å². The summed E-state index contributed by atoms with van der Waals surface area (Å²) in [6.45, 7) is 0. The van der Waals surface area contributed by atoms with Gasteiger partial charge in [-0.15, -0.1) is 0 Å². The molecule has 0 bridgehead atoms. The van der Waals surface area contributed by atoms with Crippen molar-refractivity contribution in [1.82, 2.24) is 0 Å². The van der Waals surface area contributed by atoms with Gasteiger partial charge in [0.15, 0.2) is 11.5 Å². The largest absolute Gasteiger partial charge is 0.493 e. The topological polar surface area (TPSA) is 100 Å². The van der Waals surface area contributed by atoms with Crippen molar-refractivity contribution in [2.24, 2.45) is 0 Å². The van der Waals surface area contributed by atoms with Crippen molar-refractivity contribution in [3.63, 3.8) is 0 Å². The van der Waals surface area contributed by atoms with Crippen LogP contribution < -0.4 is 20.1 Å². The molecule has 2 amide bonds. The van der Waals surface area contributed by atoms with Gasteiger partial charge in [-0.1, -0.05) is 12.1 Å². The minimum Gasteiger partial charge on any atom is -0.493 e. The van der Waals surface area contributed by atoms with Crippen molar-refractivity contribution in [2.45, 2.75) is 12.8 Å². The summed E-state index contributed by atoms with van der Waals surface area (Å²) in [5.74, 6) is 0.538. The van der Waals surface area contributed by atoms with E-state index in [2.05, 4.69) is 10.6 Å². The Labute approximate surface area is 151 Å². The Morgan fingerprint density at radius 2 is 1.62 bits per heavy atom. The highest BCUT2D eigenvalue weighted by Gasteiger charge is 2.09. The predicted octanol–water partition coefficient (Wildman–Crippen LogP) is 2.74. The molecular weight excluding hydrogens is 334 g/mol. The van der Waals surface area contributed by atoms with E-state index in [1.807, 2.05) is 0 Å². The van der Waals surface area contributed by atoms with E-state index in [9.17, 15) is 9.59 Å². The number of anilines is 2. The van der Waals surface area contributed by atoms with Crippen LogP contribution in [0.1, 0.15) is 12.0 Å². The summed E-state index contributed by atoms with van der Waals surface area (Å²) in [5, 5.41) is 13.9. The number of carbonyl (C=O) groups is 2. The van der Waals surface area contributed by atoms with Crippen LogP contribution in [-0.4, -0.2) is 26.0 Å². The highest BCUT2D eigenvalue weighted by molar-refractivity contribution is 5.95. The zero-order valence-electron chi connectivity index (χ0n) is 14.5. The number of methoxy groups -OCH3 is 2. The molecule has 0 aliphatic carbocycles. The highest BCUT2D eigenvalue weighted by Crippen LogP contribution is 2.27. The minimum atomic E-state index is -0.402. The maximum Gasteiger partial charge on any atom is 0.238 e. The van der Waals surface area contributed by atoms with Crippen LogP contribution in [0.15, 0.2) is 42.5 Å². The van der Waals surface area contributed by atoms with Gasteiger partial charge in [-0.25, -0.2) is 0 Å². The Morgan fingerprint density at radius 1 is 0.962 bits per heavy atom. The van der Waals surface area contributed by atoms with Crippen LogP contribution in [0.2, 0.25) is 0 Å². The molecule has 26 heavy (non-hydrogen) atoms. The summed E-state index contributed by atoms with van der Waals surface area (Å²) >= 11 is 0. The van der Waals surface area contributed by atoms with Gasteiger partial charge in [-0.05, 0) is 35.9 Å². The summed E-state index contributed by atoms with van der Waals surface area (Å²) in [6, 6.07) is 13.8. The molecule has 0 unspecified atom stereocenters. The summed E-state index contributed by atoms with van der Waals surface area (Å²) in [7, 11) is 3.08. The molecule has 0 saturated carbocycles. The van der Waals surface area contributed by atoms with Gasteiger partial charge in [0, 0.05) is 11.4 Å². The van der Waals surface area contributed by atoms with Crippen LogP contribution in [0.3, 0.4) is 0 Å². The summed E-state index contributed by atoms with van der Waals surface area (Å²) < 4.78 is 10.4. The molecule has 0 aliphatic rings. The monoisotopic (exact) mass is 353 g/mol. The first-order valence-corrected chi connectivity index (χ1v) is 7.83. The molecule has 0 radical (unpaired) electrons. The van der Waals surface area contributed by atoms with Crippen LogP contribution in [0.5, 0.6) is 11.5 Å². The van der Waals surface area contributed by atoms with Crippen LogP contribution in [0.4, 0.5) is 11.4 Å². The lowest BCUT2D eigenvalue weighted by atomic mass is 10.1. The molecule has 0 aliphatic heterocycles. The number of rotatable bonds is 7. The van der Waals surface area contributed by atoms with E-state index >= 15 is 0 Å². The second-order valence-corrected chi connectivity index (χ2v) is 5.38. The average Bonchev–Trinajstić information content (AvgIpc) is 2.62. The molecule has 0 aromatic heterocycles. The number of hydrogen-bond donors (Lipinski definition) is 2. The number of nitrogens with zero attached hydrogens (tertiary/aromatic N) is 1. The number of amides is 2. The fraction of sp³-hybridized carbons (Fsp3) is 0.211. The zero-order valence-corrected chi connectivity index (χ0v) is 14.5. The molecule has 7 heteroatoms. The number of benzene rings is 2. The quantitative estimate of drug-likeness (QED) is 0.797. The van der Waals surface area contributed by atoms with Crippen molar-refractivity contribution in [3.8, 4) is 17.6 Å². The predicted molar refractivity (Wildman–Crippen MR) is 97.2 cm³/mol. The van der Waals surface area contributed by atoms with E-state index in [1.54, 1.807) is 55.6 Å². The molecule has 0 atom stereocenters. The van der Waals surface area contributed by atoms with Gasteiger partial charge in [-0.3, -0.25) is 9.59 Å². The normalized spacial score (nSPS) is 9.73. The molecule has 2 N–H and O–H groups in total. The van der Waals surface area contributed by atoms with Gasteiger partial charge in [0.25, 0.3) is 0 Å². The first-order valence-electron chi connectivity index (χ1n) is 7.83. The molecule has 0 fully saturated rings. The highest BCUT2D eigenvalue weighted by atomic mass is 16.5. The molecule has 2 aromatic rings. The number of nitriles is 1. The molecule has 2 rings (SSSR count). The number of nitrogens with one attached hydrogen (secondary N) is 2.